The molecule has 1 heterocycles. The van der Waals surface area contributed by atoms with Crippen molar-refractivity contribution in [2.75, 3.05) is 19.7 Å². The number of hydrogen-bond acceptors (Lipinski definition) is 2. The summed E-state index contributed by atoms with van der Waals surface area (Å²) in [5, 5.41) is 9.13. The highest BCUT2D eigenvalue weighted by molar-refractivity contribution is 5.76. The van der Waals surface area contributed by atoms with Crippen molar-refractivity contribution in [3.8, 4) is 0 Å². The summed E-state index contributed by atoms with van der Waals surface area (Å²) in [5.41, 5.74) is 0. The van der Waals surface area contributed by atoms with E-state index in [2.05, 4.69) is 13.8 Å². The fourth-order valence-electron chi connectivity index (χ4n) is 2.39. The van der Waals surface area contributed by atoms with E-state index < -0.39 is 0 Å². The average molecular weight is 227 g/mol. The van der Waals surface area contributed by atoms with Gasteiger partial charge in [-0.15, -0.1) is 0 Å². The van der Waals surface area contributed by atoms with Crippen LogP contribution < -0.4 is 0 Å². The van der Waals surface area contributed by atoms with Gasteiger partial charge in [-0.2, -0.15) is 0 Å². The molecular weight excluding hydrogens is 202 g/mol. The molecule has 3 nitrogen and oxygen atoms in total. The number of rotatable bonds is 5. The molecule has 16 heavy (non-hydrogen) atoms. The largest absolute Gasteiger partial charge is 0.396 e. The van der Waals surface area contributed by atoms with Crippen LogP contribution in [0.1, 0.15) is 46.0 Å². The normalized spacial score (nSPS) is 21.5. The van der Waals surface area contributed by atoms with Crippen LogP contribution in [0.25, 0.3) is 0 Å². The maximum absolute atomic E-state index is 12.0. The predicted octanol–water partition coefficient (Wildman–Crippen LogP) is 2.04. The quantitative estimate of drug-likeness (QED) is 0.781. The Labute approximate surface area is 98.8 Å². The lowest BCUT2D eigenvalue weighted by Gasteiger charge is -2.32. The molecule has 1 rings (SSSR count). The van der Waals surface area contributed by atoms with E-state index in [0.717, 1.165) is 38.8 Å². The zero-order valence-corrected chi connectivity index (χ0v) is 10.6. The van der Waals surface area contributed by atoms with Crippen molar-refractivity contribution in [1.29, 1.82) is 0 Å². The van der Waals surface area contributed by atoms with Crippen LogP contribution in [0, 0.1) is 11.8 Å². The molecule has 1 N–H and O–H groups in total. The molecule has 0 saturated carbocycles. The van der Waals surface area contributed by atoms with Gasteiger partial charge in [-0.25, -0.2) is 0 Å². The average Bonchev–Trinajstić information content (AvgIpc) is 2.35. The first-order valence-electron chi connectivity index (χ1n) is 6.59. The third kappa shape index (κ3) is 3.78. The number of amides is 1. The van der Waals surface area contributed by atoms with Crippen LogP contribution in [0.4, 0.5) is 0 Å². The molecule has 0 bridgehead atoms. The van der Waals surface area contributed by atoms with Gasteiger partial charge in [0.05, 0.1) is 0 Å². The number of likely N-dealkylation sites (tertiary alicyclic amines) is 1. The van der Waals surface area contributed by atoms with Crippen LogP contribution in [-0.4, -0.2) is 35.6 Å². The molecule has 1 aliphatic heterocycles. The Kier molecular flexibility index (Phi) is 5.81. The fourth-order valence-corrected chi connectivity index (χ4v) is 2.39. The van der Waals surface area contributed by atoms with Crippen molar-refractivity contribution in [2.45, 2.75) is 46.0 Å². The molecule has 1 amide bonds. The standard InChI is InChI=1S/C13H25NO2/c1-3-11(4-2)8-13(16)14-7-5-6-12(9-14)10-15/h11-12,15H,3-10H2,1-2H3. The van der Waals surface area contributed by atoms with Crippen molar-refractivity contribution in [3.05, 3.63) is 0 Å². The summed E-state index contributed by atoms with van der Waals surface area (Å²) in [6, 6.07) is 0. The van der Waals surface area contributed by atoms with Crippen LogP contribution in [0.3, 0.4) is 0 Å². The van der Waals surface area contributed by atoms with Crippen molar-refractivity contribution >= 4 is 5.91 Å². The smallest absolute Gasteiger partial charge is 0.222 e. The van der Waals surface area contributed by atoms with E-state index in [1.54, 1.807) is 0 Å². The molecule has 0 aromatic rings. The first-order chi connectivity index (χ1) is 7.71. The van der Waals surface area contributed by atoms with Crippen molar-refractivity contribution < 1.29 is 9.90 Å². The van der Waals surface area contributed by atoms with E-state index >= 15 is 0 Å². The van der Waals surface area contributed by atoms with Crippen molar-refractivity contribution in [1.82, 2.24) is 4.90 Å². The number of hydrogen-bond donors (Lipinski definition) is 1. The van der Waals surface area contributed by atoms with E-state index in [9.17, 15) is 4.79 Å². The van der Waals surface area contributed by atoms with Gasteiger partial charge in [-0.3, -0.25) is 4.79 Å². The van der Waals surface area contributed by atoms with E-state index in [4.69, 9.17) is 5.11 Å². The number of aliphatic hydroxyl groups excluding tert-OH is 1. The van der Waals surface area contributed by atoms with Crippen LogP contribution in [0.15, 0.2) is 0 Å². The van der Waals surface area contributed by atoms with Gasteiger partial charge in [0.15, 0.2) is 0 Å². The van der Waals surface area contributed by atoms with Gasteiger partial charge in [0.1, 0.15) is 0 Å². The Morgan fingerprint density at radius 1 is 1.44 bits per heavy atom. The summed E-state index contributed by atoms with van der Waals surface area (Å²) in [6.07, 6.45) is 4.95. The molecule has 0 aromatic heterocycles. The van der Waals surface area contributed by atoms with Gasteiger partial charge in [-0.05, 0) is 24.7 Å². The minimum atomic E-state index is 0.217. The summed E-state index contributed by atoms with van der Waals surface area (Å²) in [7, 11) is 0. The van der Waals surface area contributed by atoms with Gasteiger partial charge in [0, 0.05) is 26.1 Å². The highest BCUT2D eigenvalue weighted by Crippen LogP contribution is 2.19. The lowest BCUT2D eigenvalue weighted by molar-refractivity contribution is -0.134. The molecule has 1 atom stereocenters. The first-order valence-corrected chi connectivity index (χ1v) is 6.59. The molecule has 0 aromatic carbocycles. The third-order valence-corrected chi connectivity index (χ3v) is 3.75. The molecule has 0 spiro atoms. The molecule has 3 heteroatoms. The number of nitrogens with zero attached hydrogens (tertiary/aromatic N) is 1. The van der Waals surface area contributed by atoms with E-state index in [0.29, 0.717) is 18.3 Å². The molecule has 1 fully saturated rings. The van der Waals surface area contributed by atoms with Crippen LogP contribution in [0.5, 0.6) is 0 Å². The second-order valence-electron chi connectivity index (χ2n) is 4.92. The zero-order valence-electron chi connectivity index (χ0n) is 10.6. The Balaban J connectivity index is 2.40. The predicted molar refractivity (Wildman–Crippen MR) is 65.1 cm³/mol. The Bertz CT molecular complexity index is 214. The summed E-state index contributed by atoms with van der Waals surface area (Å²) in [5.74, 6) is 1.12. The van der Waals surface area contributed by atoms with E-state index in [1.807, 2.05) is 4.90 Å². The number of carbonyl (C=O) groups is 1. The van der Waals surface area contributed by atoms with Gasteiger partial charge < -0.3 is 10.0 Å². The number of carbonyl (C=O) groups excluding carboxylic acids is 1. The van der Waals surface area contributed by atoms with Crippen LogP contribution in [0.2, 0.25) is 0 Å². The Hall–Kier alpha value is -0.570. The highest BCUT2D eigenvalue weighted by Gasteiger charge is 2.24. The van der Waals surface area contributed by atoms with Crippen molar-refractivity contribution in [2.24, 2.45) is 11.8 Å². The molecule has 0 aliphatic carbocycles. The lowest BCUT2D eigenvalue weighted by atomic mass is 9.95. The van der Waals surface area contributed by atoms with E-state index in [1.165, 1.54) is 0 Å². The Morgan fingerprint density at radius 2 is 2.12 bits per heavy atom. The van der Waals surface area contributed by atoms with Crippen LogP contribution in [-0.2, 0) is 4.79 Å². The van der Waals surface area contributed by atoms with E-state index in [-0.39, 0.29) is 12.5 Å². The second kappa shape index (κ2) is 6.89. The molecular formula is C13H25NO2. The molecule has 1 aliphatic rings. The fraction of sp³-hybridized carbons (Fsp3) is 0.923. The Morgan fingerprint density at radius 3 is 2.69 bits per heavy atom. The van der Waals surface area contributed by atoms with Crippen molar-refractivity contribution in [3.63, 3.8) is 0 Å². The highest BCUT2D eigenvalue weighted by atomic mass is 16.3. The zero-order chi connectivity index (χ0) is 12.0. The van der Waals surface area contributed by atoms with Crippen LogP contribution >= 0.6 is 0 Å². The molecule has 1 saturated heterocycles. The topological polar surface area (TPSA) is 40.5 Å². The van der Waals surface area contributed by atoms with Gasteiger partial charge in [0.2, 0.25) is 5.91 Å². The minimum Gasteiger partial charge on any atom is -0.396 e. The SMILES string of the molecule is CCC(CC)CC(=O)N1CCCC(CO)C1. The summed E-state index contributed by atoms with van der Waals surface area (Å²) < 4.78 is 0. The monoisotopic (exact) mass is 227 g/mol. The molecule has 0 radical (unpaired) electrons. The summed E-state index contributed by atoms with van der Waals surface area (Å²) in [6.45, 7) is 6.15. The molecule has 1 unspecified atom stereocenters. The first kappa shape index (κ1) is 13.5. The number of piperidine rings is 1. The minimum absolute atomic E-state index is 0.217. The summed E-state index contributed by atoms with van der Waals surface area (Å²) in [4.78, 5) is 14.0. The third-order valence-electron chi connectivity index (χ3n) is 3.75. The molecule has 94 valence electrons. The van der Waals surface area contributed by atoms with Gasteiger partial charge in [-0.1, -0.05) is 26.7 Å². The number of aliphatic hydroxyl groups is 1. The summed E-state index contributed by atoms with van der Waals surface area (Å²) >= 11 is 0. The van der Waals surface area contributed by atoms with Gasteiger partial charge >= 0.3 is 0 Å². The lowest BCUT2D eigenvalue weighted by Crippen LogP contribution is -2.41. The maximum atomic E-state index is 12.0. The maximum Gasteiger partial charge on any atom is 0.222 e. The van der Waals surface area contributed by atoms with Gasteiger partial charge in [0.25, 0.3) is 0 Å². The second-order valence-corrected chi connectivity index (χ2v) is 4.92.